The van der Waals surface area contributed by atoms with Crippen LogP contribution in [0, 0.1) is 0 Å². The molecule has 0 aliphatic heterocycles. The quantitative estimate of drug-likeness (QED) is 0.309. The third-order valence-corrected chi connectivity index (χ3v) is 7.50. The molecule has 0 bridgehead atoms. The van der Waals surface area contributed by atoms with Crippen LogP contribution in [0.3, 0.4) is 0 Å². The molecule has 0 radical (unpaired) electrons. The van der Waals surface area contributed by atoms with E-state index in [0.717, 1.165) is 27.8 Å². The standard InChI is InChI=1S/C31H34N2O6S/c1-21(38-19-22-10-4-3-5-11-22)29(30(36)33(16-17-40-2)18-28(34)35)32-31(37)39-20-27-25-14-8-6-12-23(25)24-13-7-9-15-26(24)27/h3-15,21,27,29H,16-20H2,1-2H3,(H,32,37)(H,34,35). The molecule has 2 unspecified atom stereocenters. The van der Waals surface area contributed by atoms with Gasteiger partial charge in [-0.2, -0.15) is 11.8 Å². The van der Waals surface area contributed by atoms with Gasteiger partial charge in [-0.3, -0.25) is 9.59 Å². The van der Waals surface area contributed by atoms with E-state index in [0.29, 0.717) is 5.75 Å². The highest BCUT2D eigenvalue weighted by Crippen LogP contribution is 2.44. The lowest BCUT2D eigenvalue weighted by molar-refractivity contribution is -0.147. The minimum atomic E-state index is -1.14. The summed E-state index contributed by atoms with van der Waals surface area (Å²) in [5.74, 6) is -1.25. The Hall–Kier alpha value is -3.82. The van der Waals surface area contributed by atoms with Gasteiger partial charge in [-0.25, -0.2) is 4.79 Å². The van der Waals surface area contributed by atoms with Crippen LogP contribution in [0.15, 0.2) is 78.9 Å². The number of hydrogen-bond acceptors (Lipinski definition) is 6. The summed E-state index contributed by atoms with van der Waals surface area (Å²) >= 11 is 1.50. The van der Waals surface area contributed by atoms with E-state index in [4.69, 9.17) is 9.47 Å². The number of aliphatic carboxylic acids is 1. The summed E-state index contributed by atoms with van der Waals surface area (Å²) in [5, 5.41) is 12.1. The Kier molecular flexibility index (Phi) is 10.2. The number of ether oxygens (including phenoxy) is 2. The molecule has 3 aromatic rings. The van der Waals surface area contributed by atoms with Crippen molar-refractivity contribution < 1.29 is 29.0 Å². The zero-order valence-corrected chi connectivity index (χ0v) is 23.4. The summed E-state index contributed by atoms with van der Waals surface area (Å²) < 4.78 is 11.7. The molecular weight excluding hydrogens is 528 g/mol. The van der Waals surface area contributed by atoms with E-state index >= 15 is 0 Å². The van der Waals surface area contributed by atoms with Gasteiger partial charge in [-0.1, -0.05) is 78.9 Å². The molecule has 8 nitrogen and oxygen atoms in total. The van der Waals surface area contributed by atoms with Crippen molar-refractivity contribution in [1.82, 2.24) is 10.2 Å². The molecule has 2 N–H and O–H groups in total. The summed E-state index contributed by atoms with van der Waals surface area (Å²) in [6.45, 7) is 1.74. The highest BCUT2D eigenvalue weighted by Gasteiger charge is 2.34. The van der Waals surface area contributed by atoms with Gasteiger partial charge in [0, 0.05) is 18.2 Å². The minimum Gasteiger partial charge on any atom is -0.480 e. The lowest BCUT2D eigenvalue weighted by Crippen LogP contribution is -2.55. The van der Waals surface area contributed by atoms with E-state index in [2.05, 4.69) is 17.4 Å². The number of nitrogens with zero attached hydrogens (tertiary/aromatic N) is 1. The number of carbonyl (C=O) groups is 3. The molecule has 3 aromatic carbocycles. The van der Waals surface area contributed by atoms with Crippen LogP contribution in [0.2, 0.25) is 0 Å². The highest BCUT2D eigenvalue weighted by molar-refractivity contribution is 7.98. The van der Waals surface area contributed by atoms with Gasteiger partial charge >= 0.3 is 12.1 Å². The van der Waals surface area contributed by atoms with Crippen LogP contribution in [-0.2, 0) is 25.7 Å². The maximum absolute atomic E-state index is 13.6. The Morgan fingerprint density at radius 3 is 2.15 bits per heavy atom. The first-order valence-corrected chi connectivity index (χ1v) is 14.5. The number of fused-ring (bicyclic) bond motifs is 3. The van der Waals surface area contributed by atoms with Gasteiger partial charge in [0.2, 0.25) is 5.91 Å². The molecule has 1 aliphatic carbocycles. The van der Waals surface area contributed by atoms with E-state index in [-0.39, 0.29) is 25.7 Å². The molecule has 1 aliphatic rings. The van der Waals surface area contributed by atoms with Crippen LogP contribution < -0.4 is 5.32 Å². The maximum Gasteiger partial charge on any atom is 0.407 e. The van der Waals surface area contributed by atoms with Crippen LogP contribution in [0.25, 0.3) is 11.1 Å². The van der Waals surface area contributed by atoms with Crippen LogP contribution in [0.5, 0.6) is 0 Å². The van der Waals surface area contributed by atoms with Crippen LogP contribution in [-0.4, -0.2) is 71.8 Å². The Morgan fingerprint density at radius 2 is 1.55 bits per heavy atom. The first-order valence-electron chi connectivity index (χ1n) is 13.2. The second-order valence-electron chi connectivity index (χ2n) is 9.60. The Labute approximate surface area is 238 Å². The van der Waals surface area contributed by atoms with Crippen molar-refractivity contribution in [3.63, 3.8) is 0 Å². The monoisotopic (exact) mass is 562 g/mol. The average molecular weight is 563 g/mol. The Balaban J connectivity index is 1.48. The molecular formula is C31H34N2O6S. The summed E-state index contributed by atoms with van der Waals surface area (Å²) in [6, 6.07) is 24.4. The van der Waals surface area contributed by atoms with E-state index < -0.39 is 36.7 Å². The van der Waals surface area contributed by atoms with Gasteiger partial charge < -0.3 is 24.8 Å². The van der Waals surface area contributed by atoms with E-state index in [1.807, 2.05) is 73.0 Å². The number of carboxylic acids is 1. The van der Waals surface area contributed by atoms with Crippen molar-refractivity contribution in [1.29, 1.82) is 0 Å². The fourth-order valence-corrected chi connectivity index (χ4v) is 5.28. The van der Waals surface area contributed by atoms with Crippen molar-refractivity contribution >= 4 is 29.7 Å². The fraction of sp³-hybridized carbons (Fsp3) is 0.323. The van der Waals surface area contributed by atoms with Gasteiger partial charge in [-0.05, 0) is 41.0 Å². The van der Waals surface area contributed by atoms with E-state index in [1.165, 1.54) is 16.7 Å². The number of carbonyl (C=O) groups excluding carboxylic acids is 2. The third-order valence-electron chi connectivity index (χ3n) is 6.91. The number of alkyl carbamates (subject to hydrolysis) is 1. The topological polar surface area (TPSA) is 105 Å². The number of benzene rings is 3. The largest absolute Gasteiger partial charge is 0.480 e. The molecule has 2 atom stereocenters. The Bertz CT molecular complexity index is 1270. The first kappa shape index (κ1) is 29.2. The second kappa shape index (κ2) is 14.0. The van der Waals surface area contributed by atoms with Crippen molar-refractivity contribution in [2.45, 2.75) is 31.6 Å². The predicted molar refractivity (Wildman–Crippen MR) is 155 cm³/mol. The van der Waals surface area contributed by atoms with E-state index in [9.17, 15) is 19.5 Å². The van der Waals surface area contributed by atoms with Gasteiger partial charge in [0.15, 0.2) is 0 Å². The Morgan fingerprint density at radius 1 is 0.950 bits per heavy atom. The van der Waals surface area contributed by atoms with Crippen LogP contribution in [0.1, 0.15) is 29.5 Å². The number of nitrogens with one attached hydrogen (secondary N) is 1. The normalized spacial score (nSPS) is 13.6. The zero-order valence-electron chi connectivity index (χ0n) is 22.6. The molecule has 0 spiro atoms. The minimum absolute atomic E-state index is 0.0886. The SMILES string of the molecule is CSCCN(CC(=O)O)C(=O)C(NC(=O)OCC1c2ccccc2-c2ccccc21)C(C)OCc1ccccc1. The summed E-state index contributed by atoms with van der Waals surface area (Å²) in [7, 11) is 0. The average Bonchev–Trinajstić information content (AvgIpc) is 3.29. The van der Waals surface area contributed by atoms with Gasteiger partial charge in [-0.15, -0.1) is 0 Å². The van der Waals surface area contributed by atoms with Gasteiger partial charge in [0.05, 0.1) is 12.7 Å². The molecule has 0 saturated heterocycles. The molecule has 4 rings (SSSR count). The van der Waals surface area contributed by atoms with Crippen molar-refractivity contribution in [3.8, 4) is 11.1 Å². The third kappa shape index (κ3) is 7.22. The van der Waals surface area contributed by atoms with Crippen LogP contribution >= 0.6 is 11.8 Å². The molecule has 0 saturated carbocycles. The highest BCUT2D eigenvalue weighted by atomic mass is 32.2. The smallest absolute Gasteiger partial charge is 0.407 e. The van der Waals surface area contributed by atoms with Crippen LogP contribution in [0.4, 0.5) is 4.79 Å². The number of hydrogen-bond donors (Lipinski definition) is 2. The van der Waals surface area contributed by atoms with Crippen molar-refractivity contribution in [2.24, 2.45) is 0 Å². The number of rotatable bonds is 13. The molecule has 0 fully saturated rings. The summed E-state index contributed by atoms with van der Waals surface area (Å²) in [6.07, 6.45) is 0.357. The molecule has 40 heavy (non-hydrogen) atoms. The number of amides is 2. The summed E-state index contributed by atoms with van der Waals surface area (Å²) in [5.41, 5.74) is 5.29. The number of thioether (sulfide) groups is 1. The molecule has 2 amide bonds. The fourth-order valence-electron chi connectivity index (χ4n) is 4.87. The lowest BCUT2D eigenvalue weighted by Gasteiger charge is -2.30. The maximum atomic E-state index is 13.6. The molecule has 0 aromatic heterocycles. The molecule has 9 heteroatoms. The first-order chi connectivity index (χ1) is 19.4. The predicted octanol–water partition coefficient (Wildman–Crippen LogP) is 4.78. The van der Waals surface area contributed by atoms with Crippen molar-refractivity contribution in [3.05, 3.63) is 95.6 Å². The zero-order chi connectivity index (χ0) is 28.5. The van der Waals surface area contributed by atoms with Gasteiger partial charge in [0.25, 0.3) is 0 Å². The summed E-state index contributed by atoms with van der Waals surface area (Å²) in [4.78, 5) is 39.4. The molecule has 0 heterocycles. The number of carboxylic acid groups (broad SMARTS) is 1. The lowest BCUT2D eigenvalue weighted by atomic mass is 9.98. The van der Waals surface area contributed by atoms with E-state index in [1.54, 1.807) is 6.92 Å². The second-order valence-corrected chi connectivity index (χ2v) is 10.6. The van der Waals surface area contributed by atoms with Gasteiger partial charge in [0.1, 0.15) is 19.2 Å². The molecule has 210 valence electrons. The van der Waals surface area contributed by atoms with Crippen molar-refractivity contribution in [2.75, 3.05) is 31.7 Å².